The molecule has 110 valence electrons. The van der Waals surface area contributed by atoms with E-state index in [0.717, 1.165) is 16.3 Å². The van der Waals surface area contributed by atoms with Crippen LogP contribution in [0.5, 0.6) is 0 Å². The van der Waals surface area contributed by atoms with Crippen LogP contribution in [0.25, 0.3) is 10.8 Å². The minimum atomic E-state index is 0.174. The number of hydrogen-bond acceptors (Lipinski definition) is 7. The van der Waals surface area contributed by atoms with Gasteiger partial charge in [0, 0.05) is 11.1 Å². The normalized spacial score (nSPS) is 12.7. The van der Waals surface area contributed by atoms with Gasteiger partial charge in [-0.05, 0) is 24.8 Å². The highest BCUT2D eigenvalue weighted by molar-refractivity contribution is 7.13. The summed E-state index contributed by atoms with van der Waals surface area (Å²) in [6.45, 7) is 4.77. The highest BCUT2D eigenvalue weighted by atomic mass is 32.1. The van der Waals surface area contributed by atoms with E-state index in [1.807, 2.05) is 23.7 Å². The predicted molar refractivity (Wildman–Crippen MR) is 84.4 cm³/mol. The third-order valence-electron chi connectivity index (χ3n) is 3.05. The molecule has 0 saturated carbocycles. The van der Waals surface area contributed by atoms with Crippen LogP contribution in [0.1, 0.15) is 35.7 Å². The zero-order chi connectivity index (χ0) is 14.7. The predicted octanol–water partition coefficient (Wildman–Crippen LogP) is 3.67. The molecule has 1 atom stereocenters. The molecule has 5 nitrogen and oxygen atoms in total. The molecule has 0 fully saturated rings. The van der Waals surface area contributed by atoms with Crippen molar-refractivity contribution in [2.24, 2.45) is 0 Å². The smallest absolute Gasteiger partial charge is 0.257 e. The molecule has 0 bridgehead atoms. The maximum absolute atomic E-state index is 5.65. The van der Waals surface area contributed by atoms with Gasteiger partial charge in [-0.3, -0.25) is 5.32 Å². The first-order valence-corrected chi connectivity index (χ1v) is 8.50. The number of hydrogen-bond donors (Lipinski definition) is 1. The van der Waals surface area contributed by atoms with E-state index in [1.54, 1.807) is 22.7 Å². The third kappa shape index (κ3) is 3.37. The Labute approximate surface area is 131 Å². The van der Waals surface area contributed by atoms with Crippen LogP contribution in [0.3, 0.4) is 0 Å². The molecule has 0 aliphatic heterocycles. The zero-order valence-corrected chi connectivity index (χ0v) is 13.5. The molecule has 3 heterocycles. The molecule has 0 saturated heterocycles. The number of aryl methyl sites for hydroxylation is 1. The van der Waals surface area contributed by atoms with E-state index in [1.165, 1.54) is 4.88 Å². The van der Waals surface area contributed by atoms with E-state index in [4.69, 9.17) is 4.42 Å². The summed E-state index contributed by atoms with van der Waals surface area (Å²) in [6.07, 6.45) is 2.97. The van der Waals surface area contributed by atoms with E-state index in [0.29, 0.717) is 18.3 Å². The average molecular weight is 320 g/mol. The van der Waals surface area contributed by atoms with Gasteiger partial charge < -0.3 is 4.42 Å². The Morgan fingerprint density at radius 1 is 1.38 bits per heavy atom. The molecule has 0 aliphatic carbocycles. The first-order valence-electron chi connectivity index (χ1n) is 6.80. The monoisotopic (exact) mass is 320 g/mol. The van der Waals surface area contributed by atoms with Crippen LogP contribution in [-0.4, -0.2) is 15.2 Å². The summed E-state index contributed by atoms with van der Waals surface area (Å²) < 4.78 is 5.65. The lowest BCUT2D eigenvalue weighted by molar-refractivity contribution is 0.454. The lowest BCUT2D eigenvalue weighted by atomic mass is 10.3. The third-order valence-corrected chi connectivity index (χ3v) is 5.23. The molecular formula is C14H16N4OS2. The molecular weight excluding hydrogens is 304 g/mol. The minimum absolute atomic E-state index is 0.174. The first kappa shape index (κ1) is 14.4. The van der Waals surface area contributed by atoms with Gasteiger partial charge in [0.05, 0.1) is 17.5 Å². The van der Waals surface area contributed by atoms with Crippen molar-refractivity contribution in [1.82, 2.24) is 20.5 Å². The van der Waals surface area contributed by atoms with Crippen molar-refractivity contribution in [2.45, 2.75) is 32.9 Å². The topological polar surface area (TPSA) is 63.8 Å². The minimum Gasteiger partial charge on any atom is -0.419 e. The number of rotatable bonds is 6. The van der Waals surface area contributed by atoms with Crippen molar-refractivity contribution in [3.8, 4) is 10.8 Å². The Morgan fingerprint density at radius 2 is 2.29 bits per heavy atom. The number of aromatic nitrogens is 3. The molecule has 3 aromatic heterocycles. The van der Waals surface area contributed by atoms with E-state index in [2.05, 4.69) is 34.3 Å². The standard InChI is InChI=1S/C14H16N4OS2/c1-3-10-7-16-14(21-10)9(2)15-8-12-17-18-13(19-12)11-5-4-6-20-11/h4-7,9,15H,3,8H2,1-2H3. The Hall–Kier alpha value is -1.57. The SMILES string of the molecule is CCc1cnc(C(C)NCc2nnc(-c3cccs3)o2)s1. The zero-order valence-electron chi connectivity index (χ0n) is 11.9. The van der Waals surface area contributed by atoms with E-state index in [-0.39, 0.29) is 6.04 Å². The maximum atomic E-state index is 5.65. The van der Waals surface area contributed by atoms with Gasteiger partial charge in [-0.1, -0.05) is 13.0 Å². The highest BCUT2D eigenvalue weighted by Gasteiger charge is 2.13. The van der Waals surface area contributed by atoms with Crippen LogP contribution in [-0.2, 0) is 13.0 Å². The van der Waals surface area contributed by atoms with Crippen LogP contribution in [0.2, 0.25) is 0 Å². The van der Waals surface area contributed by atoms with Crippen molar-refractivity contribution < 1.29 is 4.42 Å². The van der Waals surface area contributed by atoms with Crippen LogP contribution < -0.4 is 5.32 Å². The van der Waals surface area contributed by atoms with E-state index in [9.17, 15) is 0 Å². The summed E-state index contributed by atoms with van der Waals surface area (Å²) in [6, 6.07) is 4.12. The van der Waals surface area contributed by atoms with Gasteiger partial charge in [-0.15, -0.1) is 32.9 Å². The number of nitrogens with one attached hydrogen (secondary N) is 1. The van der Waals surface area contributed by atoms with Gasteiger partial charge in [0.25, 0.3) is 5.89 Å². The summed E-state index contributed by atoms with van der Waals surface area (Å²) in [5, 5.41) is 14.6. The second-order valence-electron chi connectivity index (χ2n) is 4.60. The Morgan fingerprint density at radius 3 is 3.00 bits per heavy atom. The maximum Gasteiger partial charge on any atom is 0.257 e. The van der Waals surface area contributed by atoms with E-state index < -0.39 is 0 Å². The van der Waals surface area contributed by atoms with Gasteiger partial charge >= 0.3 is 0 Å². The second kappa shape index (κ2) is 6.46. The average Bonchev–Trinajstić information content (AvgIpc) is 3.24. The van der Waals surface area contributed by atoms with Crippen molar-refractivity contribution in [3.63, 3.8) is 0 Å². The molecule has 3 rings (SSSR count). The summed E-state index contributed by atoms with van der Waals surface area (Å²) in [5.74, 6) is 1.18. The van der Waals surface area contributed by atoms with Crippen molar-refractivity contribution in [3.05, 3.63) is 39.5 Å². The molecule has 21 heavy (non-hydrogen) atoms. The fourth-order valence-corrected chi connectivity index (χ4v) is 3.37. The molecule has 0 spiro atoms. The van der Waals surface area contributed by atoms with Gasteiger partial charge in [0.15, 0.2) is 0 Å². The Bertz CT molecular complexity index is 689. The lowest BCUT2D eigenvalue weighted by Gasteiger charge is -2.08. The van der Waals surface area contributed by atoms with Crippen molar-refractivity contribution in [2.75, 3.05) is 0 Å². The van der Waals surface area contributed by atoms with Crippen molar-refractivity contribution >= 4 is 22.7 Å². The first-order chi connectivity index (χ1) is 10.3. The van der Waals surface area contributed by atoms with Crippen LogP contribution in [0.4, 0.5) is 0 Å². The summed E-state index contributed by atoms with van der Waals surface area (Å²) in [5.41, 5.74) is 0. The number of thiophene rings is 1. The molecule has 0 aliphatic rings. The summed E-state index contributed by atoms with van der Waals surface area (Å²) >= 11 is 3.33. The Kier molecular flexibility index (Phi) is 4.42. The lowest BCUT2D eigenvalue weighted by Crippen LogP contribution is -2.18. The van der Waals surface area contributed by atoms with Gasteiger partial charge in [-0.25, -0.2) is 4.98 Å². The molecule has 1 N–H and O–H groups in total. The second-order valence-corrected chi connectivity index (χ2v) is 6.69. The Balaban J connectivity index is 1.60. The molecule has 0 amide bonds. The van der Waals surface area contributed by atoms with E-state index >= 15 is 0 Å². The highest BCUT2D eigenvalue weighted by Crippen LogP contribution is 2.24. The molecule has 7 heteroatoms. The van der Waals surface area contributed by atoms with Crippen LogP contribution in [0.15, 0.2) is 28.1 Å². The fourth-order valence-electron chi connectivity index (χ4n) is 1.84. The quantitative estimate of drug-likeness (QED) is 0.751. The molecule has 1 unspecified atom stereocenters. The van der Waals surface area contributed by atoms with Crippen molar-refractivity contribution in [1.29, 1.82) is 0 Å². The molecule has 3 aromatic rings. The largest absolute Gasteiger partial charge is 0.419 e. The molecule has 0 radical (unpaired) electrons. The van der Waals surface area contributed by atoms with Gasteiger partial charge in [0.2, 0.25) is 5.89 Å². The fraction of sp³-hybridized carbons (Fsp3) is 0.357. The summed E-state index contributed by atoms with van der Waals surface area (Å²) in [4.78, 5) is 6.73. The number of thiazole rings is 1. The van der Waals surface area contributed by atoms with Crippen LogP contribution in [0, 0.1) is 0 Å². The van der Waals surface area contributed by atoms with Crippen LogP contribution >= 0.6 is 22.7 Å². The molecule has 0 aromatic carbocycles. The summed E-state index contributed by atoms with van der Waals surface area (Å²) in [7, 11) is 0. The number of nitrogens with zero attached hydrogens (tertiary/aromatic N) is 3. The van der Waals surface area contributed by atoms with Gasteiger partial charge in [-0.2, -0.15) is 0 Å². The van der Waals surface area contributed by atoms with Gasteiger partial charge in [0.1, 0.15) is 5.01 Å².